The molecular formula is C21H37N5. The van der Waals surface area contributed by atoms with E-state index in [1.807, 2.05) is 7.05 Å². The van der Waals surface area contributed by atoms with E-state index < -0.39 is 0 Å². The average molecular weight is 360 g/mol. The number of piperazine rings is 1. The van der Waals surface area contributed by atoms with Gasteiger partial charge >= 0.3 is 0 Å². The molecule has 5 heteroatoms. The van der Waals surface area contributed by atoms with Crippen LogP contribution in [0, 0.1) is 5.92 Å². The van der Waals surface area contributed by atoms with E-state index in [2.05, 4.69) is 76.7 Å². The molecule has 146 valence electrons. The molecule has 0 aromatic heterocycles. The fourth-order valence-electron chi connectivity index (χ4n) is 3.33. The van der Waals surface area contributed by atoms with E-state index in [9.17, 15) is 0 Å². The lowest BCUT2D eigenvalue weighted by Crippen LogP contribution is -2.48. The molecule has 26 heavy (non-hydrogen) atoms. The third-order valence-corrected chi connectivity index (χ3v) is 5.10. The van der Waals surface area contributed by atoms with Gasteiger partial charge in [0, 0.05) is 52.4 Å². The van der Waals surface area contributed by atoms with Crippen LogP contribution in [0.1, 0.15) is 25.8 Å². The molecule has 0 radical (unpaired) electrons. The molecule has 1 saturated heterocycles. The molecule has 1 aliphatic heterocycles. The van der Waals surface area contributed by atoms with Gasteiger partial charge in [-0.25, -0.2) is 0 Å². The Morgan fingerprint density at radius 3 is 2.46 bits per heavy atom. The van der Waals surface area contributed by atoms with Gasteiger partial charge in [0.15, 0.2) is 5.96 Å². The molecule has 0 aliphatic carbocycles. The van der Waals surface area contributed by atoms with Crippen LogP contribution in [-0.4, -0.2) is 75.2 Å². The van der Waals surface area contributed by atoms with Gasteiger partial charge < -0.3 is 20.4 Å². The molecule has 1 aromatic carbocycles. The van der Waals surface area contributed by atoms with Crippen molar-refractivity contribution in [2.75, 3.05) is 53.4 Å². The maximum atomic E-state index is 4.39. The maximum absolute atomic E-state index is 4.39. The number of hydrogen-bond donors (Lipinski definition) is 2. The van der Waals surface area contributed by atoms with Gasteiger partial charge in [-0.2, -0.15) is 0 Å². The third kappa shape index (κ3) is 7.75. The van der Waals surface area contributed by atoms with Crippen molar-refractivity contribution in [1.29, 1.82) is 0 Å². The summed E-state index contributed by atoms with van der Waals surface area (Å²) in [6.07, 6.45) is 2.19. The summed E-state index contributed by atoms with van der Waals surface area (Å²) in [5, 5.41) is 7.02. The normalized spacial score (nSPS) is 19.2. The molecular weight excluding hydrogens is 322 g/mol. The van der Waals surface area contributed by atoms with Crippen LogP contribution < -0.4 is 10.6 Å². The summed E-state index contributed by atoms with van der Waals surface area (Å²) in [5.74, 6) is 1.52. The Hall–Kier alpha value is -1.59. The van der Waals surface area contributed by atoms with Crippen LogP contribution in [0.15, 0.2) is 35.3 Å². The van der Waals surface area contributed by atoms with E-state index in [0.29, 0.717) is 12.0 Å². The number of nitrogens with zero attached hydrogens (tertiary/aromatic N) is 3. The Morgan fingerprint density at radius 2 is 1.81 bits per heavy atom. The highest BCUT2D eigenvalue weighted by atomic mass is 15.2. The van der Waals surface area contributed by atoms with Crippen molar-refractivity contribution in [3.63, 3.8) is 0 Å². The summed E-state index contributed by atoms with van der Waals surface area (Å²) >= 11 is 0. The average Bonchev–Trinajstić information content (AvgIpc) is 2.66. The van der Waals surface area contributed by atoms with Gasteiger partial charge in [0.2, 0.25) is 0 Å². The van der Waals surface area contributed by atoms with Crippen LogP contribution in [0.4, 0.5) is 0 Å². The minimum absolute atomic E-state index is 0.398. The van der Waals surface area contributed by atoms with Crippen LogP contribution in [0.2, 0.25) is 0 Å². The minimum Gasteiger partial charge on any atom is -0.356 e. The lowest BCUT2D eigenvalue weighted by molar-refractivity contribution is 0.139. The first-order valence-corrected chi connectivity index (χ1v) is 9.99. The summed E-state index contributed by atoms with van der Waals surface area (Å²) in [4.78, 5) is 9.37. The molecule has 2 unspecified atom stereocenters. The number of likely N-dealkylation sites (N-methyl/N-ethyl adjacent to an activating group) is 1. The van der Waals surface area contributed by atoms with E-state index >= 15 is 0 Å². The van der Waals surface area contributed by atoms with Crippen LogP contribution in [0.5, 0.6) is 0 Å². The number of guanidine groups is 1. The summed E-state index contributed by atoms with van der Waals surface area (Å²) in [5.41, 5.74) is 1.39. The van der Waals surface area contributed by atoms with Gasteiger partial charge in [0.25, 0.3) is 0 Å². The first-order chi connectivity index (χ1) is 12.6. The number of aryl methyl sites for hydroxylation is 1. The van der Waals surface area contributed by atoms with Crippen molar-refractivity contribution < 1.29 is 0 Å². The van der Waals surface area contributed by atoms with Gasteiger partial charge in [-0.15, -0.1) is 0 Å². The molecule has 0 amide bonds. The lowest BCUT2D eigenvalue weighted by Gasteiger charge is -2.34. The van der Waals surface area contributed by atoms with Gasteiger partial charge in [-0.3, -0.25) is 4.99 Å². The number of hydrogen-bond acceptors (Lipinski definition) is 3. The molecule has 2 atom stereocenters. The summed E-state index contributed by atoms with van der Waals surface area (Å²) < 4.78 is 0. The minimum atomic E-state index is 0.398. The van der Waals surface area contributed by atoms with E-state index in [1.54, 1.807) is 0 Å². The first-order valence-electron chi connectivity index (χ1n) is 9.99. The fraction of sp³-hybridized carbons (Fsp3) is 0.667. The standard InChI is InChI=1S/C21H37N5/c1-18(17-26-14-12-25(4)13-15-26)16-23-21(22-3)24-19(2)10-11-20-8-6-5-7-9-20/h5-9,18-19H,10-17H2,1-4H3,(H2,22,23,24). The predicted octanol–water partition coefficient (Wildman–Crippen LogP) is 2.06. The molecule has 1 fully saturated rings. The van der Waals surface area contributed by atoms with Crippen LogP contribution in [-0.2, 0) is 6.42 Å². The first kappa shape index (κ1) is 20.7. The molecule has 2 rings (SSSR count). The second-order valence-electron chi connectivity index (χ2n) is 7.73. The van der Waals surface area contributed by atoms with Crippen molar-refractivity contribution in [3.05, 3.63) is 35.9 Å². The quantitative estimate of drug-likeness (QED) is 0.551. The molecule has 0 bridgehead atoms. The number of aliphatic imine (C=N–C) groups is 1. The highest BCUT2D eigenvalue weighted by molar-refractivity contribution is 5.79. The molecule has 2 N–H and O–H groups in total. The maximum Gasteiger partial charge on any atom is 0.191 e. The van der Waals surface area contributed by atoms with Gasteiger partial charge in [0.05, 0.1) is 0 Å². The van der Waals surface area contributed by atoms with Crippen molar-refractivity contribution in [2.45, 2.75) is 32.7 Å². The second kappa shape index (κ2) is 11.2. The van der Waals surface area contributed by atoms with Crippen LogP contribution in [0.25, 0.3) is 0 Å². The summed E-state index contributed by atoms with van der Waals surface area (Å²) in [7, 11) is 4.06. The van der Waals surface area contributed by atoms with E-state index in [1.165, 1.54) is 31.7 Å². The second-order valence-corrected chi connectivity index (χ2v) is 7.73. The zero-order chi connectivity index (χ0) is 18.8. The Labute approximate surface area is 159 Å². The number of benzene rings is 1. The summed E-state index contributed by atoms with van der Waals surface area (Å²) in [6, 6.07) is 11.1. The molecule has 1 heterocycles. The van der Waals surface area contributed by atoms with Crippen molar-refractivity contribution in [3.8, 4) is 0 Å². The highest BCUT2D eigenvalue weighted by Gasteiger charge is 2.16. The molecule has 1 aliphatic rings. The van der Waals surface area contributed by atoms with E-state index in [-0.39, 0.29) is 0 Å². The molecule has 5 nitrogen and oxygen atoms in total. The van der Waals surface area contributed by atoms with Gasteiger partial charge in [-0.1, -0.05) is 37.3 Å². The molecule has 1 aromatic rings. The van der Waals surface area contributed by atoms with Crippen molar-refractivity contribution >= 4 is 5.96 Å². The highest BCUT2D eigenvalue weighted by Crippen LogP contribution is 2.05. The smallest absolute Gasteiger partial charge is 0.191 e. The predicted molar refractivity (Wildman–Crippen MR) is 112 cm³/mol. The third-order valence-electron chi connectivity index (χ3n) is 5.10. The fourth-order valence-corrected chi connectivity index (χ4v) is 3.33. The van der Waals surface area contributed by atoms with E-state index in [4.69, 9.17) is 0 Å². The monoisotopic (exact) mass is 359 g/mol. The number of nitrogens with one attached hydrogen (secondary N) is 2. The Bertz CT molecular complexity index is 522. The Morgan fingerprint density at radius 1 is 1.12 bits per heavy atom. The van der Waals surface area contributed by atoms with Gasteiger partial charge in [-0.05, 0) is 38.3 Å². The summed E-state index contributed by atoms with van der Waals surface area (Å²) in [6.45, 7) is 11.4. The largest absolute Gasteiger partial charge is 0.356 e. The SMILES string of the molecule is CN=C(NCC(C)CN1CCN(C)CC1)NC(C)CCc1ccccc1. The topological polar surface area (TPSA) is 42.9 Å². The van der Waals surface area contributed by atoms with Crippen LogP contribution >= 0.6 is 0 Å². The zero-order valence-corrected chi connectivity index (χ0v) is 17.0. The van der Waals surface area contributed by atoms with Crippen molar-refractivity contribution in [1.82, 2.24) is 20.4 Å². The molecule has 0 spiro atoms. The lowest BCUT2D eigenvalue weighted by atomic mass is 10.1. The van der Waals surface area contributed by atoms with Gasteiger partial charge in [0.1, 0.15) is 0 Å². The zero-order valence-electron chi connectivity index (χ0n) is 17.0. The Balaban J connectivity index is 1.64. The number of rotatable bonds is 8. The van der Waals surface area contributed by atoms with Crippen LogP contribution in [0.3, 0.4) is 0 Å². The van der Waals surface area contributed by atoms with E-state index in [0.717, 1.165) is 31.9 Å². The Kier molecular flexibility index (Phi) is 8.92. The van der Waals surface area contributed by atoms with Crippen molar-refractivity contribution in [2.24, 2.45) is 10.9 Å². The molecule has 0 saturated carbocycles.